The third-order valence-corrected chi connectivity index (χ3v) is 10.0. The number of anilines is 2. The normalized spacial score (nSPS) is 24.1. The van der Waals surface area contributed by atoms with E-state index in [1.165, 1.54) is 0 Å². The number of nitro groups is 2. The standard InChI is InChI=1S/C18H24N9O17P3/c19-16-13-17(23-7-22-16)25(12(24-13)3-4-21-9-2-1-8(26(30)31)5-10(9)27(32)33)18(20)15(29)14(28)11(42-18)6-41-46(37,38)44-47(39,40)43-45(34,35)36/h1-2,5,7,11,14-15,21,28-29H,3-4,6,20H2,(H,37,38)(H,39,40)(H2,19,22,23)(H2,34,35,36)/t11-,14-,15-,18+/m1/s1. The molecule has 2 unspecified atom stereocenters. The van der Waals surface area contributed by atoms with Gasteiger partial charge in [-0.3, -0.25) is 35.1 Å². The number of non-ortho nitro benzene ring substituents is 1. The molecule has 0 bridgehead atoms. The van der Waals surface area contributed by atoms with Gasteiger partial charge in [0.1, 0.15) is 36.2 Å². The Balaban J connectivity index is 1.59. The molecule has 0 radical (unpaired) electrons. The Bertz CT molecular complexity index is 1850. The van der Waals surface area contributed by atoms with Gasteiger partial charge in [0, 0.05) is 19.0 Å². The van der Waals surface area contributed by atoms with Crippen LogP contribution in [0.2, 0.25) is 0 Å². The number of nitrogen functional groups attached to an aromatic ring is 1. The minimum Gasteiger partial charge on any atom is -0.387 e. The fourth-order valence-electron chi connectivity index (χ4n) is 4.35. The Labute approximate surface area is 259 Å². The van der Waals surface area contributed by atoms with Gasteiger partial charge < -0.3 is 45.6 Å². The number of nitro benzene ring substituents is 2. The van der Waals surface area contributed by atoms with Gasteiger partial charge in [0.05, 0.1) is 22.5 Å². The summed E-state index contributed by atoms with van der Waals surface area (Å²) in [4.78, 5) is 69.4. The Kier molecular flexibility index (Phi) is 10.1. The van der Waals surface area contributed by atoms with E-state index < -0.39 is 75.5 Å². The van der Waals surface area contributed by atoms with E-state index in [1.54, 1.807) is 0 Å². The highest BCUT2D eigenvalue weighted by Gasteiger charge is 2.55. The highest BCUT2D eigenvalue weighted by Crippen LogP contribution is 2.66. The number of fused-ring (bicyclic) bond motifs is 1. The average Bonchev–Trinajstić information content (AvgIpc) is 3.42. The quantitative estimate of drug-likeness (QED) is 0.0540. The lowest BCUT2D eigenvalue weighted by molar-refractivity contribution is -0.393. The SMILES string of the molecule is Nc1ncnc2c1nc(CCNc1ccc([N+](=O)[O-])cc1[N+](=O)[O-])n2[C@]1(N)O[C@H](COP(=O)(O)OP(=O)(O)OP(=O)(O)O)[C@@H](O)[C@H]1O. The van der Waals surface area contributed by atoms with Crippen molar-refractivity contribution in [3.63, 3.8) is 0 Å². The average molecular weight is 731 g/mol. The van der Waals surface area contributed by atoms with Crippen molar-refractivity contribution in [2.45, 2.75) is 30.6 Å². The number of aromatic nitrogens is 4. The van der Waals surface area contributed by atoms with Gasteiger partial charge >= 0.3 is 23.5 Å². The summed E-state index contributed by atoms with van der Waals surface area (Å²) in [5, 5.41) is 46.9. The van der Waals surface area contributed by atoms with Gasteiger partial charge in [0.15, 0.2) is 17.0 Å². The summed E-state index contributed by atoms with van der Waals surface area (Å²) in [6, 6.07) is 2.88. The molecule has 0 saturated carbocycles. The van der Waals surface area contributed by atoms with E-state index in [0.717, 1.165) is 29.1 Å². The van der Waals surface area contributed by atoms with Crippen LogP contribution in [0.5, 0.6) is 0 Å². The number of hydrogen-bond acceptors (Lipinski definition) is 19. The number of aliphatic hydroxyl groups excluding tert-OH is 2. The summed E-state index contributed by atoms with van der Waals surface area (Å²) in [6.07, 6.45) is -5.11. The molecule has 1 aliphatic rings. The van der Waals surface area contributed by atoms with Gasteiger partial charge in [0.2, 0.25) is 5.85 Å². The molecule has 3 aromatic rings. The molecule has 4 rings (SSSR count). The number of hydrogen-bond donors (Lipinski definition) is 9. The van der Waals surface area contributed by atoms with E-state index in [9.17, 15) is 53.9 Å². The second-order valence-electron chi connectivity index (χ2n) is 9.42. The molecule has 26 nitrogen and oxygen atoms in total. The number of ether oxygens (including phenoxy) is 1. The minimum atomic E-state index is -5.87. The maximum Gasteiger partial charge on any atom is 0.490 e. The van der Waals surface area contributed by atoms with E-state index in [2.05, 4.69) is 33.4 Å². The molecule has 29 heteroatoms. The largest absolute Gasteiger partial charge is 0.490 e. The molecule has 11 N–H and O–H groups in total. The van der Waals surface area contributed by atoms with Gasteiger partial charge in [-0.2, -0.15) is 8.62 Å². The number of nitrogens with two attached hydrogens (primary N) is 2. The smallest absolute Gasteiger partial charge is 0.387 e. The Morgan fingerprint density at radius 3 is 2.36 bits per heavy atom. The fourth-order valence-corrected chi connectivity index (χ4v) is 7.38. The van der Waals surface area contributed by atoms with E-state index >= 15 is 0 Å². The van der Waals surface area contributed by atoms with Crippen LogP contribution in [0.25, 0.3) is 11.2 Å². The summed E-state index contributed by atoms with van der Waals surface area (Å²) in [5.74, 6) is -2.75. The molecular formula is C18H24N9O17P3. The number of rotatable bonds is 14. The van der Waals surface area contributed by atoms with Crippen molar-refractivity contribution in [2.75, 3.05) is 24.2 Å². The molecule has 1 aliphatic heterocycles. The highest BCUT2D eigenvalue weighted by atomic mass is 31.3. The molecule has 0 amide bonds. The molecule has 1 aromatic carbocycles. The number of imidazole rings is 1. The third-order valence-electron chi connectivity index (χ3n) is 6.23. The summed E-state index contributed by atoms with van der Waals surface area (Å²) < 4.78 is 52.9. The fraction of sp³-hybridized carbons (Fsp3) is 0.389. The Hall–Kier alpha value is -3.58. The van der Waals surface area contributed by atoms with Crippen LogP contribution < -0.4 is 16.8 Å². The molecule has 1 fully saturated rings. The maximum absolute atomic E-state index is 12.2. The number of nitrogens with one attached hydrogen (secondary N) is 1. The van der Waals surface area contributed by atoms with Crippen molar-refractivity contribution >= 4 is 57.5 Å². The Morgan fingerprint density at radius 1 is 1.06 bits per heavy atom. The molecule has 6 atom stereocenters. The number of benzene rings is 1. The lowest BCUT2D eigenvalue weighted by Crippen LogP contribution is -2.53. The highest BCUT2D eigenvalue weighted by molar-refractivity contribution is 7.66. The van der Waals surface area contributed by atoms with Gasteiger partial charge in [-0.25, -0.2) is 28.6 Å². The van der Waals surface area contributed by atoms with Gasteiger partial charge in [0.25, 0.3) is 11.4 Å². The van der Waals surface area contributed by atoms with Crippen LogP contribution in [0, 0.1) is 20.2 Å². The van der Waals surface area contributed by atoms with Crippen molar-refractivity contribution in [1.82, 2.24) is 19.5 Å². The molecular weight excluding hydrogens is 707 g/mol. The van der Waals surface area contributed by atoms with Gasteiger partial charge in [-0.05, 0) is 6.07 Å². The minimum absolute atomic E-state index is 0.0735. The molecule has 2 aromatic heterocycles. The van der Waals surface area contributed by atoms with Crippen LogP contribution in [0.4, 0.5) is 22.9 Å². The summed E-state index contributed by atoms with van der Waals surface area (Å²) in [5.41, 5.74) is 10.8. The number of phosphoric acid groups is 3. The predicted molar refractivity (Wildman–Crippen MR) is 151 cm³/mol. The molecule has 1 saturated heterocycles. The van der Waals surface area contributed by atoms with Gasteiger partial charge in [-0.15, -0.1) is 0 Å². The van der Waals surface area contributed by atoms with Crippen LogP contribution in [0.3, 0.4) is 0 Å². The van der Waals surface area contributed by atoms with E-state index in [-0.39, 0.29) is 41.5 Å². The van der Waals surface area contributed by atoms with E-state index in [0.29, 0.717) is 0 Å². The molecule has 258 valence electrons. The lowest BCUT2D eigenvalue weighted by Gasteiger charge is -2.30. The summed E-state index contributed by atoms with van der Waals surface area (Å²) >= 11 is 0. The van der Waals surface area contributed by atoms with Crippen molar-refractivity contribution in [1.29, 1.82) is 0 Å². The first-order valence-corrected chi connectivity index (χ1v) is 16.9. The first-order chi connectivity index (χ1) is 21.6. The first kappa shape index (κ1) is 36.3. The van der Waals surface area contributed by atoms with E-state index in [1.807, 2.05) is 0 Å². The lowest BCUT2D eigenvalue weighted by atomic mass is 10.1. The van der Waals surface area contributed by atoms with Gasteiger partial charge in [-0.1, -0.05) is 0 Å². The van der Waals surface area contributed by atoms with Crippen molar-refractivity contribution in [3.8, 4) is 0 Å². The summed E-state index contributed by atoms with van der Waals surface area (Å²) in [7, 11) is -17.2. The predicted octanol–water partition coefficient (Wildman–Crippen LogP) is -1.09. The van der Waals surface area contributed by atoms with Crippen LogP contribution >= 0.6 is 23.5 Å². The molecule has 3 heterocycles. The van der Waals surface area contributed by atoms with E-state index in [4.69, 9.17) is 26.0 Å². The zero-order valence-electron chi connectivity index (χ0n) is 23.0. The third kappa shape index (κ3) is 8.11. The first-order valence-electron chi connectivity index (χ1n) is 12.4. The van der Waals surface area contributed by atoms with Crippen molar-refractivity contribution in [3.05, 3.63) is 50.6 Å². The number of aliphatic hydroxyl groups is 2. The number of phosphoric ester groups is 1. The maximum atomic E-state index is 12.2. The second-order valence-corrected chi connectivity index (χ2v) is 13.8. The zero-order chi connectivity index (χ0) is 35.1. The van der Waals surface area contributed by atoms with Crippen LogP contribution in [-0.2, 0) is 43.8 Å². The van der Waals surface area contributed by atoms with Crippen LogP contribution in [0.1, 0.15) is 5.82 Å². The topological polar surface area (TPSA) is 403 Å². The molecule has 0 spiro atoms. The monoisotopic (exact) mass is 731 g/mol. The second kappa shape index (κ2) is 13.1. The molecule has 0 aliphatic carbocycles. The summed E-state index contributed by atoms with van der Waals surface area (Å²) in [6.45, 7) is -1.36. The van der Waals surface area contributed by atoms with Crippen LogP contribution in [0.15, 0.2) is 24.5 Å². The van der Waals surface area contributed by atoms with Crippen molar-refractivity contribution in [2.24, 2.45) is 5.73 Å². The number of nitrogens with zero attached hydrogens (tertiary/aromatic N) is 6. The molecule has 47 heavy (non-hydrogen) atoms. The zero-order valence-corrected chi connectivity index (χ0v) is 25.7. The van der Waals surface area contributed by atoms with Crippen molar-refractivity contribution < 1.29 is 71.2 Å². The van der Waals surface area contributed by atoms with Crippen LogP contribution in [-0.4, -0.2) is 90.6 Å². The Morgan fingerprint density at radius 2 is 1.74 bits per heavy atom.